The van der Waals surface area contributed by atoms with E-state index in [2.05, 4.69) is 28.5 Å². The topological polar surface area (TPSA) is 37.8 Å². The summed E-state index contributed by atoms with van der Waals surface area (Å²) in [6, 6.07) is 0.446. The summed E-state index contributed by atoms with van der Waals surface area (Å²) in [4.78, 5) is 4.47. The second-order valence-corrected chi connectivity index (χ2v) is 4.64. The van der Waals surface area contributed by atoms with Crippen LogP contribution in [0.15, 0.2) is 0 Å². The van der Waals surface area contributed by atoms with Gasteiger partial charge < -0.3 is 5.32 Å². The van der Waals surface area contributed by atoms with Gasteiger partial charge in [0.2, 0.25) is 5.13 Å². The molecule has 1 aromatic rings. The van der Waals surface area contributed by atoms with Crippen molar-refractivity contribution in [2.75, 3.05) is 5.32 Å². The summed E-state index contributed by atoms with van der Waals surface area (Å²) in [5, 5.41) is 4.24. The Balaban J connectivity index is 2.00. The van der Waals surface area contributed by atoms with Gasteiger partial charge in [0.15, 0.2) is 0 Å². The Kier molecular flexibility index (Phi) is 2.49. The first kappa shape index (κ1) is 8.94. The van der Waals surface area contributed by atoms with Gasteiger partial charge >= 0.3 is 0 Å². The van der Waals surface area contributed by atoms with Crippen molar-refractivity contribution in [2.45, 2.75) is 45.1 Å². The summed E-state index contributed by atoms with van der Waals surface area (Å²) in [5.74, 6) is 1.71. The van der Waals surface area contributed by atoms with Crippen molar-refractivity contribution in [3.63, 3.8) is 0 Å². The van der Waals surface area contributed by atoms with Crippen LogP contribution in [-0.4, -0.2) is 15.4 Å². The molecular weight excluding hydrogens is 182 g/mol. The number of nitrogens with one attached hydrogen (secondary N) is 1. The van der Waals surface area contributed by atoms with Gasteiger partial charge in [0, 0.05) is 23.5 Å². The van der Waals surface area contributed by atoms with Crippen LogP contribution in [-0.2, 0) is 0 Å². The van der Waals surface area contributed by atoms with Crippen LogP contribution in [0.3, 0.4) is 0 Å². The zero-order valence-electron chi connectivity index (χ0n) is 8.08. The highest BCUT2D eigenvalue weighted by atomic mass is 32.1. The molecule has 0 atom stereocenters. The van der Waals surface area contributed by atoms with Gasteiger partial charge in [-0.25, -0.2) is 4.98 Å². The SMILES string of the molecule is CC(C)Nc1nc(C2CCC2)ns1. The van der Waals surface area contributed by atoms with Crippen LogP contribution < -0.4 is 5.32 Å². The van der Waals surface area contributed by atoms with Crippen LogP contribution in [0.25, 0.3) is 0 Å². The molecule has 1 aliphatic rings. The van der Waals surface area contributed by atoms with Crippen molar-refractivity contribution in [1.29, 1.82) is 0 Å². The van der Waals surface area contributed by atoms with Crippen LogP contribution in [0.4, 0.5) is 5.13 Å². The Labute approximate surface area is 82.8 Å². The predicted molar refractivity (Wildman–Crippen MR) is 55.3 cm³/mol. The number of anilines is 1. The number of hydrogen-bond acceptors (Lipinski definition) is 4. The smallest absolute Gasteiger partial charge is 0.202 e. The monoisotopic (exact) mass is 197 g/mol. The van der Waals surface area contributed by atoms with Crippen molar-refractivity contribution >= 4 is 16.7 Å². The van der Waals surface area contributed by atoms with Gasteiger partial charge in [-0.3, -0.25) is 0 Å². The molecule has 0 unspecified atom stereocenters. The normalized spacial score (nSPS) is 17.5. The van der Waals surface area contributed by atoms with Crippen molar-refractivity contribution in [3.8, 4) is 0 Å². The zero-order chi connectivity index (χ0) is 9.26. The predicted octanol–water partition coefficient (Wildman–Crippen LogP) is 2.63. The maximum atomic E-state index is 4.47. The lowest BCUT2D eigenvalue weighted by Crippen LogP contribution is -2.12. The average Bonchev–Trinajstić information content (AvgIpc) is 2.31. The van der Waals surface area contributed by atoms with E-state index >= 15 is 0 Å². The highest BCUT2D eigenvalue weighted by Gasteiger charge is 2.23. The molecule has 1 aromatic heterocycles. The van der Waals surface area contributed by atoms with Crippen molar-refractivity contribution in [2.24, 2.45) is 0 Å². The van der Waals surface area contributed by atoms with Crippen LogP contribution >= 0.6 is 11.5 Å². The minimum Gasteiger partial charge on any atom is -0.358 e. The number of rotatable bonds is 3. The van der Waals surface area contributed by atoms with Gasteiger partial charge in [-0.15, -0.1) is 0 Å². The summed E-state index contributed by atoms with van der Waals surface area (Å²) in [6.45, 7) is 4.23. The van der Waals surface area contributed by atoms with Crippen LogP contribution in [0.5, 0.6) is 0 Å². The number of aromatic nitrogens is 2. The summed E-state index contributed by atoms with van der Waals surface area (Å²) in [5.41, 5.74) is 0. The molecule has 0 saturated heterocycles. The number of hydrogen-bond donors (Lipinski definition) is 1. The second kappa shape index (κ2) is 3.62. The first-order valence-corrected chi connectivity index (χ1v) is 5.63. The molecule has 4 heteroatoms. The van der Waals surface area contributed by atoms with Crippen LogP contribution in [0.1, 0.15) is 44.9 Å². The van der Waals surface area contributed by atoms with Gasteiger partial charge in [0.25, 0.3) is 0 Å². The van der Waals surface area contributed by atoms with Gasteiger partial charge in [-0.05, 0) is 26.7 Å². The Morgan fingerprint density at radius 3 is 2.77 bits per heavy atom. The Morgan fingerprint density at radius 2 is 2.23 bits per heavy atom. The maximum Gasteiger partial charge on any atom is 0.202 e. The molecule has 1 fully saturated rings. The molecule has 0 aliphatic heterocycles. The molecule has 1 saturated carbocycles. The molecule has 3 nitrogen and oxygen atoms in total. The van der Waals surface area contributed by atoms with E-state index < -0.39 is 0 Å². The quantitative estimate of drug-likeness (QED) is 0.809. The molecule has 0 aromatic carbocycles. The third kappa shape index (κ3) is 1.99. The molecule has 0 amide bonds. The molecule has 0 radical (unpaired) electrons. The molecule has 0 spiro atoms. The summed E-state index contributed by atoms with van der Waals surface area (Å²) in [7, 11) is 0. The van der Waals surface area contributed by atoms with Crippen LogP contribution in [0, 0.1) is 0 Å². The third-order valence-corrected chi connectivity index (χ3v) is 2.98. The molecule has 1 heterocycles. The first-order chi connectivity index (χ1) is 6.25. The molecular formula is C9H15N3S. The van der Waals surface area contributed by atoms with E-state index in [0.29, 0.717) is 12.0 Å². The number of nitrogens with zero attached hydrogens (tertiary/aromatic N) is 2. The minimum atomic E-state index is 0.446. The largest absolute Gasteiger partial charge is 0.358 e. The van der Waals surface area contributed by atoms with E-state index in [-0.39, 0.29) is 0 Å². The minimum absolute atomic E-state index is 0.446. The first-order valence-electron chi connectivity index (χ1n) is 4.86. The van der Waals surface area contributed by atoms with Crippen LogP contribution in [0.2, 0.25) is 0 Å². The van der Waals surface area contributed by atoms with Crippen molar-refractivity contribution in [1.82, 2.24) is 9.36 Å². The summed E-state index contributed by atoms with van der Waals surface area (Å²) in [6.07, 6.45) is 3.90. The fraction of sp³-hybridized carbons (Fsp3) is 0.778. The lowest BCUT2D eigenvalue weighted by Gasteiger charge is -2.21. The van der Waals surface area contributed by atoms with Crippen molar-refractivity contribution < 1.29 is 0 Å². The molecule has 72 valence electrons. The summed E-state index contributed by atoms with van der Waals surface area (Å²) >= 11 is 1.48. The van der Waals surface area contributed by atoms with E-state index in [4.69, 9.17) is 0 Å². The van der Waals surface area contributed by atoms with E-state index in [0.717, 1.165) is 11.0 Å². The van der Waals surface area contributed by atoms with Gasteiger partial charge in [-0.2, -0.15) is 4.37 Å². The van der Waals surface area contributed by atoms with E-state index in [1.54, 1.807) is 0 Å². The lowest BCUT2D eigenvalue weighted by atomic mass is 9.85. The fourth-order valence-electron chi connectivity index (χ4n) is 1.37. The standard InChI is InChI=1S/C9H15N3S/c1-6(2)10-9-11-8(12-13-9)7-4-3-5-7/h6-7H,3-5H2,1-2H3,(H,10,11,12). The molecule has 2 rings (SSSR count). The maximum absolute atomic E-state index is 4.47. The van der Waals surface area contributed by atoms with E-state index in [1.165, 1.54) is 30.8 Å². The lowest BCUT2D eigenvalue weighted by molar-refractivity contribution is 0.405. The second-order valence-electron chi connectivity index (χ2n) is 3.88. The fourth-order valence-corrected chi connectivity index (χ4v) is 2.17. The van der Waals surface area contributed by atoms with Crippen molar-refractivity contribution in [3.05, 3.63) is 5.82 Å². The Hall–Kier alpha value is -0.640. The molecule has 1 N–H and O–H groups in total. The van der Waals surface area contributed by atoms with Gasteiger partial charge in [0.1, 0.15) is 5.82 Å². The highest BCUT2D eigenvalue weighted by Crippen LogP contribution is 2.35. The third-order valence-electron chi connectivity index (χ3n) is 2.32. The highest BCUT2D eigenvalue weighted by molar-refractivity contribution is 7.09. The summed E-state index contributed by atoms with van der Waals surface area (Å²) < 4.78 is 4.36. The van der Waals surface area contributed by atoms with E-state index in [9.17, 15) is 0 Å². The molecule has 13 heavy (non-hydrogen) atoms. The zero-order valence-corrected chi connectivity index (χ0v) is 8.90. The molecule has 0 bridgehead atoms. The van der Waals surface area contributed by atoms with Gasteiger partial charge in [0.05, 0.1) is 0 Å². The Bertz CT molecular complexity index is 278. The Morgan fingerprint density at radius 1 is 1.46 bits per heavy atom. The van der Waals surface area contributed by atoms with Gasteiger partial charge in [-0.1, -0.05) is 6.42 Å². The van der Waals surface area contributed by atoms with E-state index in [1.807, 2.05) is 0 Å². The average molecular weight is 197 g/mol. The molecule has 1 aliphatic carbocycles.